The Morgan fingerprint density at radius 2 is 1.96 bits per heavy atom. The van der Waals surface area contributed by atoms with E-state index in [1.807, 2.05) is 24.4 Å². The lowest BCUT2D eigenvalue weighted by Gasteiger charge is -2.15. The van der Waals surface area contributed by atoms with Gasteiger partial charge in [0.1, 0.15) is 12.4 Å². The molecule has 1 aliphatic rings. The van der Waals surface area contributed by atoms with Gasteiger partial charge in [-0.3, -0.25) is 0 Å². The lowest BCUT2D eigenvalue weighted by Crippen LogP contribution is -2.02. The van der Waals surface area contributed by atoms with Crippen LogP contribution in [0.1, 0.15) is 15.6 Å². The lowest BCUT2D eigenvalue weighted by molar-refractivity contribution is -0.134. The van der Waals surface area contributed by atoms with E-state index in [9.17, 15) is 9.59 Å². The van der Waals surface area contributed by atoms with Gasteiger partial charge in [-0.25, -0.2) is 19.6 Å². The third kappa shape index (κ3) is 4.79. The van der Waals surface area contributed by atoms with Crippen LogP contribution in [0.25, 0.3) is 11.3 Å². The smallest absolute Gasteiger partial charge is 0.328 e. The molecule has 0 saturated heterocycles. The second-order valence-electron chi connectivity index (χ2n) is 5.41. The van der Waals surface area contributed by atoms with Crippen molar-refractivity contribution in [1.82, 2.24) is 15.0 Å². The van der Waals surface area contributed by atoms with Crippen molar-refractivity contribution < 1.29 is 24.5 Å². The Labute approximate surface area is 157 Å². The highest BCUT2D eigenvalue weighted by atomic mass is 32.1. The van der Waals surface area contributed by atoms with Crippen LogP contribution in [0.4, 0.5) is 0 Å². The summed E-state index contributed by atoms with van der Waals surface area (Å²) in [5.74, 6) is -1.59. The molecule has 4 rings (SSSR count). The number of nitrogens with one attached hydrogen (secondary N) is 1. The monoisotopic (exact) mass is 385 g/mol. The largest absolute Gasteiger partial charge is 0.487 e. The first kappa shape index (κ1) is 18.3. The normalized spacial score (nSPS) is 11.7. The van der Waals surface area contributed by atoms with E-state index in [0.717, 1.165) is 34.1 Å². The number of thiazole rings is 1. The summed E-state index contributed by atoms with van der Waals surface area (Å²) in [4.78, 5) is 32.3. The van der Waals surface area contributed by atoms with Crippen molar-refractivity contribution in [2.75, 3.05) is 0 Å². The first-order valence-electron chi connectivity index (χ1n) is 7.85. The van der Waals surface area contributed by atoms with Crippen molar-refractivity contribution in [2.24, 2.45) is 0 Å². The van der Waals surface area contributed by atoms with Crippen molar-refractivity contribution in [3.05, 3.63) is 64.5 Å². The zero-order valence-corrected chi connectivity index (χ0v) is 14.8. The van der Waals surface area contributed by atoms with E-state index >= 15 is 0 Å². The number of rotatable bonds is 4. The number of hydrogen-bond donors (Lipinski definition) is 3. The number of fused-ring (bicyclic) bond motifs is 3. The van der Waals surface area contributed by atoms with Crippen LogP contribution in [-0.2, 0) is 22.6 Å². The summed E-state index contributed by atoms with van der Waals surface area (Å²) in [5.41, 5.74) is 3.17. The lowest BCUT2D eigenvalue weighted by atomic mass is 10.1. The average molecular weight is 385 g/mol. The van der Waals surface area contributed by atoms with Gasteiger partial charge in [0.05, 0.1) is 27.6 Å². The van der Waals surface area contributed by atoms with E-state index in [2.05, 4.69) is 16.0 Å². The average Bonchev–Trinajstić information content (AvgIpc) is 3.30. The molecule has 0 atom stereocenters. The topological polar surface area (TPSA) is 125 Å². The third-order valence-corrected chi connectivity index (χ3v) is 4.53. The van der Waals surface area contributed by atoms with Crippen LogP contribution in [0.2, 0.25) is 0 Å². The summed E-state index contributed by atoms with van der Waals surface area (Å²) in [6.45, 7) is 0.616. The summed E-state index contributed by atoms with van der Waals surface area (Å²) in [5, 5.41) is 16.7. The van der Waals surface area contributed by atoms with E-state index in [0.29, 0.717) is 18.8 Å². The van der Waals surface area contributed by atoms with Crippen LogP contribution >= 0.6 is 11.3 Å². The highest BCUT2D eigenvalue weighted by Crippen LogP contribution is 2.39. The van der Waals surface area contributed by atoms with Crippen LogP contribution in [-0.4, -0.2) is 37.1 Å². The van der Waals surface area contributed by atoms with Crippen LogP contribution < -0.4 is 4.74 Å². The number of imidazole rings is 1. The molecule has 1 aliphatic heterocycles. The Morgan fingerprint density at radius 3 is 2.63 bits per heavy atom. The summed E-state index contributed by atoms with van der Waals surface area (Å²) in [6, 6.07) is 8.06. The molecule has 0 amide bonds. The summed E-state index contributed by atoms with van der Waals surface area (Å²) in [7, 11) is 0. The minimum atomic E-state index is -1.26. The third-order valence-electron chi connectivity index (χ3n) is 3.50. The molecular formula is C18H15N3O5S. The Kier molecular flexibility index (Phi) is 5.62. The van der Waals surface area contributed by atoms with E-state index in [1.54, 1.807) is 17.7 Å². The molecule has 0 aliphatic carbocycles. The molecule has 3 heterocycles. The second-order valence-corrected chi connectivity index (χ2v) is 6.58. The maximum absolute atomic E-state index is 9.55. The number of aromatic nitrogens is 3. The Hall–Kier alpha value is -3.46. The number of aromatic amines is 1. The fraction of sp³-hybridized carbons (Fsp3) is 0.111. The van der Waals surface area contributed by atoms with Gasteiger partial charge in [0.25, 0.3) is 0 Å². The number of carboxylic acid groups (broad SMARTS) is 2. The molecule has 3 aromatic rings. The van der Waals surface area contributed by atoms with Crippen LogP contribution in [0, 0.1) is 0 Å². The van der Waals surface area contributed by atoms with Crippen molar-refractivity contribution in [2.45, 2.75) is 13.0 Å². The summed E-state index contributed by atoms with van der Waals surface area (Å²) in [6.07, 6.45) is 5.49. The van der Waals surface area contributed by atoms with Crippen LogP contribution in [0.5, 0.6) is 5.75 Å². The van der Waals surface area contributed by atoms with Gasteiger partial charge in [0, 0.05) is 30.3 Å². The SMILES string of the molecule is O=C(O)C=CC(=O)O.c1ccc2c(c1)OCc1sc(Cc3c[nH]cn3)nc1-2. The molecule has 138 valence electrons. The number of nitrogens with zero attached hydrogens (tertiary/aromatic N) is 2. The first-order valence-corrected chi connectivity index (χ1v) is 8.67. The molecule has 3 N–H and O–H groups in total. The Balaban J connectivity index is 0.000000226. The number of H-pyrrole nitrogens is 1. The fourth-order valence-electron chi connectivity index (χ4n) is 2.40. The predicted molar refractivity (Wildman–Crippen MR) is 97.7 cm³/mol. The predicted octanol–water partition coefficient (Wildman–Crippen LogP) is 2.73. The van der Waals surface area contributed by atoms with Gasteiger partial charge >= 0.3 is 11.9 Å². The molecule has 0 bridgehead atoms. The number of carboxylic acids is 2. The molecule has 0 fully saturated rings. The highest BCUT2D eigenvalue weighted by Gasteiger charge is 2.21. The van der Waals surface area contributed by atoms with Gasteiger partial charge in [-0.1, -0.05) is 12.1 Å². The molecule has 1 aromatic carbocycles. The zero-order chi connectivity index (χ0) is 19.2. The Morgan fingerprint density at radius 1 is 1.22 bits per heavy atom. The Bertz CT molecular complexity index is 963. The maximum atomic E-state index is 9.55. The van der Waals surface area contributed by atoms with Crippen molar-refractivity contribution in [3.8, 4) is 17.0 Å². The molecule has 8 nitrogen and oxygen atoms in total. The van der Waals surface area contributed by atoms with Crippen LogP contribution in [0.3, 0.4) is 0 Å². The van der Waals surface area contributed by atoms with Gasteiger partial charge < -0.3 is 19.9 Å². The first-order chi connectivity index (χ1) is 13.0. The fourth-order valence-corrected chi connectivity index (χ4v) is 3.41. The van der Waals surface area contributed by atoms with Crippen molar-refractivity contribution in [1.29, 1.82) is 0 Å². The highest BCUT2D eigenvalue weighted by molar-refractivity contribution is 7.12. The number of hydrogen-bond acceptors (Lipinski definition) is 6. The minimum Gasteiger partial charge on any atom is -0.487 e. The number of para-hydroxylation sites is 1. The maximum Gasteiger partial charge on any atom is 0.328 e. The standard InChI is InChI=1S/C14H11N3OS.C4H4O4/c1-2-4-11-10(3-1)14-12(7-18-11)19-13(17-14)5-9-6-15-8-16-9;5-3(6)1-2-4(7)8/h1-4,6,8H,5,7H2,(H,15,16);1-2H,(H,5,6)(H,7,8). The second kappa shape index (κ2) is 8.28. The summed E-state index contributed by atoms with van der Waals surface area (Å²) >= 11 is 1.71. The van der Waals surface area contributed by atoms with Gasteiger partial charge in [0.2, 0.25) is 0 Å². The molecule has 27 heavy (non-hydrogen) atoms. The van der Waals surface area contributed by atoms with Crippen LogP contribution in [0.15, 0.2) is 48.9 Å². The molecular weight excluding hydrogens is 370 g/mol. The number of aliphatic carboxylic acids is 2. The molecule has 2 aromatic heterocycles. The molecule has 9 heteroatoms. The molecule has 0 radical (unpaired) electrons. The molecule has 0 saturated carbocycles. The number of carbonyl (C=O) groups is 2. The summed E-state index contributed by atoms with van der Waals surface area (Å²) < 4.78 is 5.75. The number of ether oxygens (including phenoxy) is 1. The quantitative estimate of drug-likeness (QED) is 0.590. The zero-order valence-electron chi connectivity index (χ0n) is 14.0. The van der Waals surface area contributed by atoms with Gasteiger partial charge in [-0.15, -0.1) is 11.3 Å². The van der Waals surface area contributed by atoms with Gasteiger partial charge in [0.15, 0.2) is 0 Å². The van der Waals surface area contributed by atoms with Gasteiger partial charge in [-0.2, -0.15) is 0 Å². The van der Waals surface area contributed by atoms with Crippen molar-refractivity contribution in [3.63, 3.8) is 0 Å². The van der Waals surface area contributed by atoms with E-state index < -0.39 is 11.9 Å². The van der Waals surface area contributed by atoms with E-state index in [-0.39, 0.29) is 0 Å². The van der Waals surface area contributed by atoms with Crippen molar-refractivity contribution >= 4 is 23.3 Å². The number of benzene rings is 1. The molecule has 0 unspecified atom stereocenters. The van der Waals surface area contributed by atoms with E-state index in [1.165, 1.54) is 4.88 Å². The minimum absolute atomic E-state index is 0.558. The van der Waals surface area contributed by atoms with E-state index in [4.69, 9.17) is 19.9 Å². The molecule has 0 spiro atoms. The van der Waals surface area contributed by atoms with Gasteiger partial charge in [-0.05, 0) is 12.1 Å².